The highest BCUT2D eigenvalue weighted by Crippen LogP contribution is 2.28. The number of methoxy groups -OCH3 is 1. The molecule has 0 unspecified atom stereocenters. The second kappa shape index (κ2) is 5.95. The molecule has 0 saturated carbocycles. The zero-order chi connectivity index (χ0) is 15.4. The lowest BCUT2D eigenvalue weighted by molar-refractivity contribution is -0.114. The van der Waals surface area contributed by atoms with Crippen LogP contribution in [0.5, 0.6) is 5.75 Å². The Kier molecular flexibility index (Phi) is 4.07. The van der Waals surface area contributed by atoms with Crippen molar-refractivity contribution in [1.29, 1.82) is 0 Å². The molecule has 0 aliphatic carbocycles. The molecule has 0 saturated heterocycles. The van der Waals surface area contributed by atoms with Gasteiger partial charge in [-0.1, -0.05) is 0 Å². The molecule has 5 N–H and O–H groups in total. The van der Waals surface area contributed by atoms with E-state index in [0.29, 0.717) is 17.1 Å². The van der Waals surface area contributed by atoms with E-state index in [4.69, 9.17) is 10.5 Å². The summed E-state index contributed by atoms with van der Waals surface area (Å²) in [5, 5.41) is 11.5. The summed E-state index contributed by atoms with van der Waals surface area (Å²) in [5.41, 5.74) is 6.96. The number of nitrogen functional groups attached to an aromatic ring is 1. The molecule has 0 atom stereocenters. The third kappa shape index (κ3) is 3.30. The van der Waals surface area contributed by atoms with E-state index in [1.165, 1.54) is 20.2 Å². The van der Waals surface area contributed by atoms with E-state index >= 15 is 0 Å². The highest BCUT2D eigenvalue weighted by atomic mass is 16.5. The van der Waals surface area contributed by atoms with Gasteiger partial charge in [-0.25, -0.2) is 0 Å². The van der Waals surface area contributed by atoms with Crippen LogP contribution in [-0.4, -0.2) is 29.1 Å². The van der Waals surface area contributed by atoms with E-state index in [-0.39, 0.29) is 17.3 Å². The van der Waals surface area contributed by atoms with Crippen molar-refractivity contribution in [2.75, 3.05) is 23.5 Å². The smallest absolute Gasteiger partial charge is 0.275 e. The van der Waals surface area contributed by atoms with Crippen molar-refractivity contribution in [3.05, 3.63) is 30.1 Å². The van der Waals surface area contributed by atoms with Gasteiger partial charge >= 0.3 is 0 Å². The fourth-order valence-corrected chi connectivity index (χ4v) is 1.75. The molecule has 2 rings (SSSR count). The lowest BCUT2D eigenvalue weighted by atomic mass is 10.2. The van der Waals surface area contributed by atoms with Crippen LogP contribution in [0.4, 0.5) is 17.1 Å². The molecule has 0 radical (unpaired) electrons. The Morgan fingerprint density at radius 3 is 2.67 bits per heavy atom. The lowest BCUT2D eigenvalue weighted by Gasteiger charge is -2.12. The van der Waals surface area contributed by atoms with Crippen LogP contribution in [0.25, 0.3) is 0 Å². The van der Waals surface area contributed by atoms with Crippen LogP contribution in [0.2, 0.25) is 0 Å². The summed E-state index contributed by atoms with van der Waals surface area (Å²) in [4.78, 5) is 23.2. The first kappa shape index (κ1) is 14.4. The Morgan fingerprint density at radius 1 is 1.33 bits per heavy atom. The minimum atomic E-state index is -0.455. The maximum absolute atomic E-state index is 12.1. The number of ether oxygens (including phenoxy) is 1. The van der Waals surface area contributed by atoms with Gasteiger partial charge in [0.15, 0.2) is 0 Å². The third-order valence-electron chi connectivity index (χ3n) is 2.66. The van der Waals surface area contributed by atoms with Crippen molar-refractivity contribution in [2.45, 2.75) is 6.92 Å². The van der Waals surface area contributed by atoms with Crippen LogP contribution in [0.15, 0.2) is 24.4 Å². The fraction of sp³-hybridized carbons (Fsp3) is 0.154. The number of hydrogen-bond acceptors (Lipinski definition) is 5. The van der Waals surface area contributed by atoms with E-state index in [9.17, 15) is 9.59 Å². The van der Waals surface area contributed by atoms with Crippen LogP contribution < -0.4 is 21.1 Å². The molecule has 1 heterocycles. The van der Waals surface area contributed by atoms with E-state index < -0.39 is 5.91 Å². The molecule has 0 fully saturated rings. The first-order valence-corrected chi connectivity index (χ1v) is 6.07. The molecule has 1 aromatic carbocycles. The minimum Gasteiger partial charge on any atom is -0.495 e. The van der Waals surface area contributed by atoms with Gasteiger partial charge in [0.2, 0.25) is 5.91 Å². The number of amides is 2. The molecule has 2 aromatic rings. The average molecular weight is 289 g/mol. The van der Waals surface area contributed by atoms with Gasteiger partial charge < -0.3 is 21.1 Å². The topological polar surface area (TPSA) is 122 Å². The standard InChI is InChI=1S/C13H15N5O3/c1-7(19)16-8-3-4-11(21-2)10(5-8)17-13(20)12-9(14)6-15-18-12/h3-6H,14H2,1-2H3,(H,15,18)(H,16,19)(H,17,20). The summed E-state index contributed by atoms with van der Waals surface area (Å²) in [6.45, 7) is 1.40. The highest BCUT2D eigenvalue weighted by molar-refractivity contribution is 6.07. The van der Waals surface area contributed by atoms with Crippen molar-refractivity contribution >= 4 is 28.9 Å². The van der Waals surface area contributed by atoms with E-state index in [2.05, 4.69) is 20.8 Å². The first-order valence-electron chi connectivity index (χ1n) is 6.07. The van der Waals surface area contributed by atoms with Crippen LogP contribution in [0.1, 0.15) is 17.4 Å². The minimum absolute atomic E-state index is 0.155. The second-order valence-electron chi connectivity index (χ2n) is 4.25. The molecule has 1 aromatic heterocycles. The molecule has 8 heteroatoms. The van der Waals surface area contributed by atoms with Crippen molar-refractivity contribution < 1.29 is 14.3 Å². The number of nitrogens with zero attached hydrogens (tertiary/aromatic N) is 1. The lowest BCUT2D eigenvalue weighted by Crippen LogP contribution is -2.15. The van der Waals surface area contributed by atoms with E-state index in [1.54, 1.807) is 18.2 Å². The summed E-state index contributed by atoms with van der Waals surface area (Å²) in [7, 11) is 1.48. The molecule has 0 aliphatic heterocycles. The molecular formula is C13H15N5O3. The number of aromatic nitrogens is 2. The molecule has 110 valence electrons. The maximum atomic E-state index is 12.1. The number of carbonyl (C=O) groups is 2. The number of hydrogen-bond donors (Lipinski definition) is 4. The van der Waals surface area contributed by atoms with Gasteiger partial charge in [0.1, 0.15) is 11.4 Å². The summed E-state index contributed by atoms with van der Waals surface area (Å²) >= 11 is 0. The van der Waals surface area contributed by atoms with Gasteiger partial charge in [0, 0.05) is 12.6 Å². The number of benzene rings is 1. The Labute approximate surface area is 120 Å². The highest BCUT2D eigenvalue weighted by Gasteiger charge is 2.14. The molecule has 8 nitrogen and oxygen atoms in total. The van der Waals surface area contributed by atoms with Crippen LogP contribution in [0.3, 0.4) is 0 Å². The van der Waals surface area contributed by atoms with Crippen LogP contribution >= 0.6 is 0 Å². The van der Waals surface area contributed by atoms with Gasteiger partial charge in [0.05, 0.1) is 24.7 Å². The quantitative estimate of drug-likeness (QED) is 0.674. The van der Waals surface area contributed by atoms with E-state index in [1.807, 2.05) is 0 Å². The summed E-state index contributed by atoms with van der Waals surface area (Å²) in [6, 6.07) is 4.89. The number of H-pyrrole nitrogens is 1. The SMILES string of the molecule is COc1ccc(NC(C)=O)cc1NC(=O)c1[nH]ncc1N. The summed E-state index contributed by atoms with van der Waals surface area (Å²) < 4.78 is 5.17. The van der Waals surface area contributed by atoms with Crippen molar-refractivity contribution in [3.8, 4) is 5.75 Å². The Bertz CT molecular complexity index is 680. The predicted molar refractivity (Wildman–Crippen MR) is 78.3 cm³/mol. The van der Waals surface area contributed by atoms with Crippen LogP contribution in [0, 0.1) is 0 Å². The first-order chi connectivity index (χ1) is 10.0. The number of aromatic amines is 1. The van der Waals surface area contributed by atoms with E-state index in [0.717, 1.165) is 0 Å². The van der Waals surface area contributed by atoms with Gasteiger partial charge in [-0.2, -0.15) is 5.10 Å². The number of carbonyl (C=O) groups excluding carboxylic acids is 2. The number of rotatable bonds is 4. The third-order valence-corrected chi connectivity index (χ3v) is 2.66. The Balaban J connectivity index is 2.27. The van der Waals surface area contributed by atoms with Crippen molar-refractivity contribution in [3.63, 3.8) is 0 Å². The zero-order valence-electron chi connectivity index (χ0n) is 11.6. The number of nitrogens with one attached hydrogen (secondary N) is 3. The van der Waals surface area contributed by atoms with Gasteiger partial charge in [0.25, 0.3) is 5.91 Å². The predicted octanol–water partition coefficient (Wildman–Crippen LogP) is 1.21. The normalized spacial score (nSPS) is 10.0. The van der Waals surface area contributed by atoms with Gasteiger partial charge in [-0.05, 0) is 18.2 Å². The molecule has 21 heavy (non-hydrogen) atoms. The molecule has 0 bridgehead atoms. The molecular weight excluding hydrogens is 274 g/mol. The van der Waals surface area contributed by atoms with Crippen LogP contribution in [-0.2, 0) is 4.79 Å². The Morgan fingerprint density at radius 2 is 2.10 bits per heavy atom. The summed E-state index contributed by atoms with van der Waals surface area (Å²) in [6.07, 6.45) is 1.35. The molecule has 2 amide bonds. The monoisotopic (exact) mass is 289 g/mol. The van der Waals surface area contributed by atoms with Crippen molar-refractivity contribution in [2.24, 2.45) is 0 Å². The number of nitrogens with two attached hydrogens (primary N) is 1. The Hall–Kier alpha value is -3.03. The average Bonchev–Trinajstić information content (AvgIpc) is 2.84. The summed E-state index contributed by atoms with van der Waals surface area (Å²) in [5.74, 6) is -0.214. The van der Waals surface area contributed by atoms with Gasteiger partial charge in [-0.15, -0.1) is 0 Å². The maximum Gasteiger partial charge on any atom is 0.275 e. The fourth-order valence-electron chi connectivity index (χ4n) is 1.75. The molecule has 0 spiro atoms. The zero-order valence-corrected chi connectivity index (χ0v) is 11.6. The van der Waals surface area contributed by atoms with Gasteiger partial charge in [-0.3, -0.25) is 14.7 Å². The molecule has 0 aliphatic rings. The largest absolute Gasteiger partial charge is 0.495 e. The van der Waals surface area contributed by atoms with Crippen molar-refractivity contribution in [1.82, 2.24) is 10.2 Å². The second-order valence-corrected chi connectivity index (χ2v) is 4.25. The number of anilines is 3.